The smallest absolute Gasteiger partial charge is 0.309 e. The lowest BCUT2D eigenvalue weighted by atomic mass is 9.89. The van der Waals surface area contributed by atoms with Crippen LogP contribution in [0.3, 0.4) is 0 Å². The van der Waals surface area contributed by atoms with E-state index in [0.717, 1.165) is 25.2 Å². The third-order valence-corrected chi connectivity index (χ3v) is 9.59. The predicted octanol–water partition coefficient (Wildman–Crippen LogP) is 3.53. The van der Waals surface area contributed by atoms with E-state index in [1.807, 2.05) is 53.0 Å². The standard InChI is InChI=1S/C35H60N2O8/c1-8-28(39)26(4)33-29(43-33)23-34(5,41)16-11-12-24(2)32-25(3)13-14-30(45-36(7)20-21-37-18-9-10-19-37)35(6,42)17-15-27(38)22-31(40)44-32/h11-14,16,25-30,32-33,38-39,41-42H,8-10,15,17-23H2,1-7H3/b14-13+,16-11+,24-12+. The van der Waals surface area contributed by atoms with Crippen molar-refractivity contribution in [3.05, 3.63) is 36.0 Å². The second-order valence-electron chi connectivity index (χ2n) is 14.1. The SMILES string of the molecule is CCC(O)C(C)C1OC1CC(C)(O)/C=C/C=C(\C)C1OC(=O)CC(O)CCC(C)(O)C(ON(C)CCN2CCCC2)/C=C/C1C. The molecule has 10 unspecified atom stereocenters. The van der Waals surface area contributed by atoms with Gasteiger partial charge in [0.15, 0.2) is 0 Å². The molecule has 10 atom stereocenters. The van der Waals surface area contributed by atoms with E-state index in [1.54, 1.807) is 31.1 Å². The maximum absolute atomic E-state index is 12.8. The first-order valence-electron chi connectivity index (χ1n) is 16.9. The topological polar surface area (TPSA) is 135 Å². The van der Waals surface area contributed by atoms with Crippen LogP contribution in [-0.2, 0) is 19.1 Å². The number of hydrogen-bond donors (Lipinski definition) is 4. The van der Waals surface area contributed by atoms with E-state index >= 15 is 0 Å². The molecular formula is C35H60N2O8. The first-order valence-corrected chi connectivity index (χ1v) is 16.9. The normalized spacial score (nSPS) is 35.8. The van der Waals surface area contributed by atoms with Crippen LogP contribution in [-0.4, -0.2) is 117 Å². The van der Waals surface area contributed by atoms with Crippen LogP contribution in [0.15, 0.2) is 36.0 Å². The number of carbonyl (C=O) groups is 1. The van der Waals surface area contributed by atoms with Gasteiger partial charge in [-0.25, -0.2) is 0 Å². The molecule has 0 aromatic heterocycles. The highest BCUT2D eigenvalue weighted by atomic mass is 16.7. The Morgan fingerprint density at radius 3 is 2.67 bits per heavy atom. The number of aliphatic hydroxyl groups is 4. The van der Waals surface area contributed by atoms with Gasteiger partial charge in [0.05, 0.1) is 42.0 Å². The van der Waals surface area contributed by atoms with Crippen molar-refractivity contribution in [1.29, 1.82) is 0 Å². The Bertz CT molecular complexity index is 1020. The van der Waals surface area contributed by atoms with Gasteiger partial charge in [0.25, 0.3) is 0 Å². The van der Waals surface area contributed by atoms with Crippen LogP contribution < -0.4 is 0 Å². The first-order chi connectivity index (χ1) is 21.1. The molecule has 3 heterocycles. The fourth-order valence-corrected chi connectivity index (χ4v) is 6.32. The zero-order chi connectivity index (χ0) is 33.4. The summed E-state index contributed by atoms with van der Waals surface area (Å²) in [7, 11) is 1.87. The van der Waals surface area contributed by atoms with Gasteiger partial charge in [-0.3, -0.25) is 9.63 Å². The van der Waals surface area contributed by atoms with Crippen molar-refractivity contribution in [2.75, 3.05) is 33.2 Å². The molecule has 10 nitrogen and oxygen atoms in total. The number of hydrogen-bond acceptors (Lipinski definition) is 10. The molecule has 3 rings (SSSR count). The summed E-state index contributed by atoms with van der Waals surface area (Å²) in [5.74, 6) is -0.763. The lowest BCUT2D eigenvalue weighted by Gasteiger charge is -2.35. The molecular weight excluding hydrogens is 576 g/mol. The number of carbonyl (C=O) groups excluding carboxylic acids is 1. The summed E-state index contributed by atoms with van der Waals surface area (Å²) >= 11 is 0. The Morgan fingerprint density at radius 2 is 2.00 bits per heavy atom. The van der Waals surface area contributed by atoms with Crippen molar-refractivity contribution in [3.8, 4) is 0 Å². The summed E-state index contributed by atoms with van der Waals surface area (Å²) in [6, 6.07) is 0. The highest BCUT2D eigenvalue weighted by Gasteiger charge is 2.47. The third kappa shape index (κ3) is 12.2. The monoisotopic (exact) mass is 636 g/mol. The van der Waals surface area contributed by atoms with Gasteiger partial charge in [-0.2, -0.15) is 5.06 Å². The molecule has 2 saturated heterocycles. The fraction of sp³-hybridized carbons (Fsp3) is 0.800. The van der Waals surface area contributed by atoms with E-state index < -0.39 is 41.6 Å². The minimum absolute atomic E-state index is 0.00906. The Morgan fingerprint density at radius 1 is 1.31 bits per heavy atom. The van der Waals surface area contributed by atoms with E-state index in [-0.39, 0.29) is 43.3 Å². The van der Waals surface area contributed by atoms with Gasteiger partial charge in [0, 0.05) is 38.4 Å². The summed E-state index contributed by atoms with van der Waals surface area (Å²) in [6.07, 6.45) is 10.0. The Balaban J connectivity index is 1.70. The first kappa shape index (κ1) is 37.8. The zero-order valence-electron chi connectivity index (χ0n) is 28.6. The van der Waals surface area contributed by atoms with Crippen LogP contribution in [0.2, 0.25) is 0 Å². The van der Waals surface area contributed by atoms with Crippen molar-refractivity contribution in [1.82, 2.24) is 9.96 Å². The molecule has 0 bridgehead atoms. The average Bonchev–Trinajstić information content (AvgIpc) is 3.51. The van der Waals surface area contributed by atoms with Gasteiger partial charge in [0.1, 0.15) is 12.2 Å². The van der Waals surface area contributed by atoms with Gasteiger partial charge in [-0.05, 0) is 71.5 Å². The second kappa shape index (κ2) is 17.0. The number of aliphatic hydroxyl groups excluding tert-OH is 2. The molecule has 0 saturated carbocycles. The number of allylic oxidation sites excluding steroid dienone is 2. The Labute approximate surface area is 270 Å². The quantitative estimate of drug-likeness (QED) is 0.0782. The Hall–Kier alpha value is -1.63. The number of cyclic esters (lactones) is 1. The van der Waals surface area contributed by atoms with Gasteiger partial charge >= 0.3 is 5.97 Å². The molecule has 3 aliphatic rings. The van der Waals surface area contributed by atoms with E-state index in [1.165, 1.54) is 12.8 Å². The largest absolute Gasteiger partial charge is 0.457 e. The molecule has 258 valence electrons. The van der Waals surface area contributed by atoms with Gasteiger partial charge in [0.2, 0.25) is 0 Å². The molecule has 0 aromatic carbocycles. The molecule has 0 spiro atoms. The molecule has 0 aromatic rings. The number of nitrogens with zero attached hydrogens (tertiary/aromatic N) is 2. The fourth-order valence-electron chi connectivity index (χ4n) is 6.32. The van der Waals surface area contributed by atoms with E-state index in [9.17, 15) is 25.2 Å². The lowest BCUT2D eigenvalue weighted by molar-refractivity contribution is -0.218. The van der Waals surface area contributed by atoms with Crippen molar-refractivity contribution < 1.29 is 39.5 Å². The average molecular weight is 637 g/mol. The van der Waals surface area contributed by atoms with E-state index in [2.05, 4.69) is 4.90 Å². The summed E-state index contributed by atoms with van der Waals surface area (Å²) in [6.45, 7) is 14.9. The van der Waals surface area contributed by atoms with E-state index in [4.69, 9.17) is 14.3 Å². The number of hydroxylamine groups is 2. The van der Waals surface area contributed by atoms with Crippen molar-refractivity contribution in [3.63, 3.8) is 0 Å². The van der Waals surface area contributed by atoms with Crippen LogP contribution in [0.4, 0.5) is 0 Å². The molecule has 45 heavy (non-hydrogen) atoms. The molecule has 10 heteroatoms. The molecule has 0 aliphatic carbocycles. The van der Waals surface area contributed by atoms with Crippen molar-refractivity contribution >= 4 is 5.97 Å². The number of ether oxygens (including phenoxy) is 2. The summed E-state index contributed by atoms with van der Waals surface area (Å²) in [5, 5.41) is 44.9. The zero-order valence-corrected chi connectivity index (χ0v) is 28.6. The van der Waals surface area contributed by atoms with Crippen LogP contribution >= 0.6 is 0 Å². The second-order valence-corrected chi connectivity index (χ2v) is 14.1. The number of likely N-dealkylation sites (N-methyl/N-ethyl adjacent to an activating group) is 1. The third-order valence-electron chi connectivity index (χ3n) is 9.59. The van der Waals surface area contributed by atoms with Crippen LogP contribution in [0.1, 0.15) is 86.5 Å². The molecule has 0 amide bonds. The van der Waals surface area contributed by atoms with E-state index in [0.29, 0.717) is 19.4 Å². The summed E-state index contributed by atoms with van der Waals surface area (Å²) in [4.78, 5) is 21.5. The van der Waals surface area contributed by atoms with Gasteiger partial charge in [-0.15, -0.1) is 0 Å². The predicted molar refractivity (Wildman–Crippen MR) is 174 cm³/mol. The van der Waals surface area contributed by atoms with Crippen molar-refractivity contribution in [2.24, 2.45) is 11.8 Å². The number of rotatable bonds is 13. The maximum atomic E-state index is 12.8. The van der Waals surface area contributed by atoms with Crippen LogP contribution in [0.25, 0.3) is 0 Å². The minimum Gasteiger partial charge on any atom is -0.457 e. The van der Waals surface area contributed by atoms with Crippen LogP contribution in [0.5, 0.6) is 0 Å². The minimum atomic E-state index is -1.27. The lowest BCUT2D eigenvalue weighted by Crippen LogP contribution is -2.45. The molecule has 4 N–H and O–H groups in total. The van der Waals surface area contributed by atoms with Gasteiger partial charge < -0.3 is 34.8 Å². The Kier molecular flexibility index (Phi) is 14.3. The summed E-state index contributed by atoms with van der Waals surface area (Å²) in [5.41, 5.74) is -1.62. The molecule has 2 fully saturated rings. The summed E-state index contributed by atoms with van der Waals surface area (Å²) < 4.78 is 11.6. The highest BCUT2D eigenvalue weighted by molar-refractivity contribution is 5.70. The number of esters is 1. The van der Waals surface area contributed by atoms with Crippen molar-refractivity contribution in [2.45, 2.75) is 134 Å². The highest BCUT2D eigenvalue weighted by Crippen LogP contribution is 2.37. The number of likely N-dealkylation sites (tertiary alicyclic amines) is 1. The van der Waals surface area contributed by atoms with Gasteiger partial charge in [-0.1, -0.05) is 51.2 Å². The molecule has 0 radical (unpaired) electrons. The van der Waals surface area contributed by atoms with Crippen LogP contribution in [0, 0.1) is 11.8 Å². The maximum Gasteiger partial charge on any atom is 0.309 e. The number of epoxide rings is 1. The molecule has 3 aliphatic heterocycles.